The number of hydrogen-bond donors (Lipinski definition) is 1. The number of hydrogen-bond acceptors (Lipinski definition) is 6. The van der Waals surface area contributed by atoms with E-state index in [2.05, 4.69) is 4.90 Å². The smallest absolute Gasteiger partial charge is 0.240 e. The summed E-state index contributed by atoms with van der Waals surface area (Å²) in [4.78, 5) is 14.2. The van der Waals surface area contributed by atoms with Gasteiger partial charge < -0.3 is 20.1 Å². The minimum absolute atomic E-state index is 0.115. The van der Waals surface area contributed by atoms with E-state index < -0.39 is 20.7 Å². The Morgan fingerprint density at radius 2 is 1.74 bits per heavy atom. The molecule has 0 radical (unpaired) electrons. The molecule has 2 aliphatic rings. The molecule has 2 saturated heterocycles. The molecular formula is C18H27N3O5S. The summed E-state index contributed by atoms with van der Waals surface area (Å²) in [5.74, 6) is 0.0325. The highest BCUT2D eigenvalue weighted by Gasteiger charge is 2.53. The number of anilines is 1. The fourth-order valence-electron chi connectivity index (χ4n) is 3.69. The lowest BCUT2D eigenvalue weighted by Gasteiger charge is -2.41. The highest BCUT2D eigenvalue weighted by Crippen LogP contribution is 2.33. The van der Waals surface area contributed by atoms with E-state index in [1.807, 2.05) is 31.2 Å². The third-order valence-electron chi connectivity index (χ3n) is 5.33. The van der Waals surface area contributed by atoms with Gasteiger partial charge in [-0.2, -0.15) is 4.31 Å². The summed E-state index contributed by atoms with van der Waals surface area (Å²) in [6, 6.07) is 7.76. The number of primary amides is 1. The molecular weight excluding hydrogens is 370 g/mol. The topological polar surface area (TPSA) is 102 Å². The maximum Gasteiger partial charge on any atom is 0.240 e. The summed E-state index contributed by atoms with van der Waals surface area (Å²) in [5.41, 5.74) is 6.55. The molecule has 0 aromatic heterocycles. The van der Waals surface area contributed by atoms with Gasteiger partial charge in [-0.05, 0) is 31.2 Å². The molecule has 2 aliphatic heterocycles. The Morgan fingerprint density at radius 1 is 1.15 bits per heavy atom. The molecule has 2 fully saturated rings. The number of amides is 1. The fourth-order valence-corrected chi connectivity index (χ4v) is 5.76. The first-order chi connectivity index (χ1) is 12.9. The molecule has 0 bridgehead atoms. The number of ether oxygens (including phenoxy) is 2. The van der Waals surface area contributed by atoms with Crippen molar-refractivity contribution in [2.45, 2.75) is 24.5 Å². The highest BCUT2D eigenvalue weighted by molar-refractivity contribution is 7.91. The van der Waals surface area contributed by atoms with Gasteiger partial charge in [0.1, 0.15) is 5.75 Å². The molecule has 0 spiro atoms. The number of nitrogens with two attached hydrogens (primary N) is 1. The van der Waals surface area contributed by atoms with Crippen LogP contribution in [-0.2, 0) is 19.6 Å². The first-order valence-electron chi connectivity index (χ1n) is 9.26. The van der Waals surface area contributed by atoms with E-state index in [1.165, 1.54) is 4.31 Å². The molecule has 0 atom stereocenters. The predicted molar refractivity (Wildman–Crippen MR) is 102 cm³/mol. The summed E-state index contributed by atoms with van der Waals surface area (Å²) in [5, 5.41) is 0. The summed E-state index contributed by atoms with van der Waals surface area (Å²) in [7, 11) is -3.83. The molecule has 2 heterocycles. The Bertz CT molecular complexity index is 752. The van der Waals surface area contributed by atoms with Crippen LogP contribution in [0.3, 0.4) is 0 Å². The zero-order valence-corrected chi connectivity index (χ0v) is 16.4. The van der Waals surface area contributed by atoms with Gasteiger partial charge in [-0.1, -0.05) is 0 Å². The van der Waals surface area contributed by atoms with Crippen LogP contribution in [0, 0.1) is 0 Å². The van der Waals surface area contributed by atoms with Crippen molar-refractivity contribution in [2.75, 3.05) is 50.9 Å². The maximum atomic E-state index is 13.2. The average Bonchev–Trinajstić information content (AvgIpc) is 2.69. The summed E-state index contributed by atoms with van der Waals surface area (Å²) in [6.07, 6.45) is 0.230. The predicted octanol–water partition coefficient (Wildman–Crippen LogP) is 0.572. The van der Waals surface area contributed by atoms with Crippen molar-refractivity contribution in [3.63, 3.8) is 0 Å². The molecule has 1 aromatic carbocycles. The zero-order chi connectivity index (χ0) is 19.5. The van der Waals surface area contributed by atoms with Crippen LogP contribution >= 0.6 is 0 Å². The van der Waals surface area contributed by atoms with Gasteiger partial charge in [0.05, 0.1) is 6.61 Å². The van der Waals surface area contributed by atoms with Gasteiger partial charge in [0.2, 0.25) is 15.9 Å². The van der Waals surface area contributed by atoms with Crippen LogP contribution in [0.4, 0.5) is 5.69 Å². The van der Waals surface area contributed by atoms with Crippen LogP contribution in [-0.4, -0.2) is 69.4 Å². The van der Waals surface area contributed by atoms with Crippen LogP contribution < -0.4 is 15.4 Å². The highest BCUT2D eigenvalue weighted by atomic mass is 32.2. The molecule has 2 N–H and O–H groups in total. The van der Waals surface area contributed by atoms with Crippen LogP contribution in [0.15, 0.2) is 24.3 Å². The first kappa shape index (κ1) is 19.9. The van der Waals surface area contributed by atoms with Crippen molar-refractivity contribution in [1.82, 2.24) is 4.31 Å². The number of carbonyl (C=O) groups excluding carboxylic acids is 1. The maximum absolute atomic E-state index is 13.2. The van der Waals surface area contributed by atoms with Crippen LogP contribution in [0.1, 0.15) is 19.8 Å². The van der Waals surface area contributed by atoms with Crippen molar-refractivity contribution in [2.24, 2.45) is 5.73 Å². The van der Waals surface area contributed by atoms with E-state index in [0.717, 1.165) is 11.4 Å². The Hall–Kier alpha value is -1.84. The monoisotopic (exact) mass is 397 g/mol. The summed E-state index contributed by atoms with van der Waals surface area (Å²) < 4.78 is 37.0. The van der Waals surface area contributed by atoms with E-state index in [4.69, 9.17) is 15.2 Å². The zero-order valence-electron chi connectivity index (χ0n) is 15.6. The second-order valence-electron chi connectivity index (χ2n) is 6.79. The molecule has 0 aliphatic carbocycles. The second-order valence-corrected chi connectivity index (χ2v) is 9.04. The first-order valence-corrected chi connectivity index (χ1v) is 10.7. The standard InChI is InChI=1S/C18H27N3O5S/c1-2-26-16-5-3-15(4-6-16)20-9-11-21(12-10-20)27(23,24)18(17(19)22)7-13-25-14-8-18/h3-6H,2,7-14H2,1H3,(H2,19,22). The Balaban J connectivity index is 1.69. The number of piperazine rings is 1. The lowest BCUT2D eigenvalue weighted by Crippen LogP contribution is -2.61. The average molecular weight is 397 g/mol. The van der Waals surface area contributed by atoms with Crippen molar-refractivity contribution in [3.8, 4) is 5.75 Å². The molecule has 0 saturated carbocycles. The van der Waals surface area contributed by atoms with Gasteiger partial charge in [0.25, 0.3) is 0 Å². The van der Waals surface area contributed by atoms with Crippen molar-refractivity contribution >= 4 is 21.6 Å². The Kier molecular flexibility index (Phi) is 5.92. The minimum atomic E-state index is -3.83. The quantitative estimate of drug-likeness (QED) is 0.753. The lowest BCUT2D eigenvalue weighted by atomic mass is 9.98. The third-order valence-corrected chi connectivity index (χ3v) is 7.98. The van der Waals surface area contributed by atoms with Crippen LogP contribution in [0.25, 0.3) is 0 Å². The van der Waals surface area contributed by atoms with E-state index in [9.17, 15) is 13.2 Å². The molecule has 0 unspecified atom stereocenters. The van der Waals surface area contributed by atoms with E-state index >= 15 is 0 Å². The molecule has 9 heteroatoms. The second kappa shape index (κ2) is 8.04. The molecule has 8 nitrogen and oxygen atoms in total. The van der Waals surface area contributed by atoms with E-state index in [-0.39, 0.29) is 26.1 Å². The lowest BCUT2D eigenvalue weighted by molar-refractivity contribution is -0.123. The normalized spacial score (nSPS) is 21.0. The fraction of sp³-hybridized carbons (Fsp3) is 0.611. The van der Waals surface area contributed by atoms with Crippen LogP contribution in [0.2, 0.25) is 0 Å². The van der Waals surface area contributed by atoms with Crippen molar-refractivity contribution in [1.29, 1.82) is 0 Å². The molecule has 1 aromatic rings. The number of carbonyl (C=O) groups is 1. The SMILES string of the molecule is CCOc1ccc(N2CCN(S(=O)(=O)C3(C(N)=O)CCOCC3)CC2)cc1. The summed E-state index contributed by atoms with van der Waals surface area (Å²) >= 11 is 0. The number of sulfonamides is 1. The van der Waals surface area contributed by atoms with E-state index in [0.29, 0.717) is 32.8 Å². The van der Waals surface area contributed by atoms with Gasteiger partial charge in [0, 0.05) is 57.9 Å². The Labute approximate surface area is 160 Å². The molecule has 150 valence electrons. The van der Waals surface area contributed by atoms with Gasteiger partial charge >= 0.3 is 0 Å². The van der Waals surface area contributed by atoms with Crippen molar-refractivity contribution in [3.05, 3.63) is 24.3 Å². The van der Waals surface area contributed by atoms with Gasteiger partial charge in [-0.3, -0.25) is 4.79 Å². The Morgan fingerprint density at radius 3 is 2.26 bits per heavy atom. The number of benzene rings is 1. The van der Waals surface area contributed by atoms with Crippen LogP contribution in [0.5, 0.6) is 5.75 Å². The van der Waals surface area contributed by atoms with E-state index in [1.54, 1.807) is 0 Å². The molecule has 1 amide bonds. The minimum Gasteiger partial charge on any atom is -0.494 e. The van der Waals surface area contributed by atoms with Gasteiger partial charge in [-0.25, -0.2) is 8.42 Å². The molecule has 27 heavy (non-hydrogen) atoms. The number of nitrogens with zero attached hydrogens (tertiary/aromatic N) is 2. The third kappa shape index (κ3) is 3.76. The van der Waals surface area contributed by atoms with Crippen molar-refractivity contribution < 1.29 is 22.7 Å². The number of rotatable bonds is 6. The molecule has 3 rings (SSSR count). The van der Waals surface area contributed by atoms with Gasteiger partial charge in [-0.15, -0.1) is 0 Å². The largest absolute Gasteiger partial charge is 0.494 e. The van der Waals surface area contributed by atoms with Gasteiger partial charge in [0.15, 0.2) is 4.75 Å². The summed E-state index contributed by atoms with van der Waals surface area (Å²) in [6.45, 7) is 4.77.